The van der Waals surface area contributed by atoms with Crippen molar-refractivity contribution in [1.82, 2.24) is 9.03 Å². The highest BCUT2D eigenvalue weighted by atomic mass is 32.2. The maximum absolute atomic E-state index is 11.7. The second-order valence-corrected chi connectivity index (χ2v) is 5.48. The summed E-state index contributed by atoms with van der Waals surface area (Å²) in [7, 11) is -3.36. The van der Waals surface area contributed by atoms with Gasteiger partial charge in [0.2, 0.25) is 0 Å². The van der Waals surface area contributed by atoms with Crippen LogP contribution in [-0.2, 0) is 10.2 Å². The Morgan fingerprint density at radius 3 is 2.93 bits per heavy atom. The molecule has 0 bridgehead atoms. The zero-order chi connectivity index (χ0) is 11.3. The van der Waals surface area contributed by atoms with Crippen molar-refractivity contribution < 1.29 is 8.42 Å². The minimum Gasteiger partial charge on any atom is -0.202 e. The first-order valence-corrected chi connectivity index (χ1v) is 6.68. The van der Waals surface area contributed by atoms with E-state index in [0.717, 1.165) is 19.3 Å². The predicted octanol–water partition coefficient (Wildman–Crippen LogP) is 0.466. The second-order valence-electron chi connectivity index (χ2n) is 3.73. The standard InChI is InChI=1S/C9H17N3O2S/c1-2-5-11-15(13,14)12-6-3-4-9(7-10)8-12/h9,11H,2-6,8H2,1H3. The fourth-order valence-electron chi connectivity index (χ4n) is 1.59. The maximum Gasteiger partial charge on any atom is 0.279 e. The van der Waals surface area contributed by atoms with E-state index in [1.807, 2.05) is 6.92 Å². The zero-order valence-electron chi connectivity index (χ0n) is 8.94. The molecule has 0 aromatic rings. The third-order valence-corrected chi connectivity index (χ3v) is 4.02. The van der Waals surface area contributed by atoms with Crippen LogP contribution < -0.4 is 4.72 Å². The number of piperidine rings is 1. The van der Waals surface area contributed by atoms with Gasteiger partial charge in [-0.25, -0.2) is 4.72 Å². The number of hydrogen-bond acceptors (Lipinski definition) is 3. The number of nitrogens with one attached hydrogen (secondary N) is 1. The maximum atomic E-state index is 11.7. The fourth-order valence-corrected chi connectivity index (χ4v) is 2.98. The molecule has 1 N–H and O–H groups in total. The lowest BCUT2D eigenvalue weighted by Crippen LogP contribution is -2.45. The summed E-state index contributed by atoms with van der Waals surface area (Å²) in [6.45, 7) is 3.22. The molecule has 0 spiro atoms. The molecule has 1 aliphatic rings. The second kappa shape index (κ2) is 5.45. The number of nitriles is 1. The summed E-state index contributed by atoms with van der Waals surface area (Å²) < 4.78 is 27.3. The monoisotopic (exact) mass is 231 g/mol. The van der Waals surface area contributed by atoms with E-state index in [1.54, 1.807) is 0 Å². The molecule has 1 unspecified atom stereocenters. The quantitative estimate of drug-likeness (QED) is 0.764. The Morgan fingerprint density at radius 1 is 1.60 bits per heavy atom. The summed E-state index contributed by atoms with van der Waals surface area (Å²) in [5.41, 5.74) is 0. The van der Waals surface area contributed by atoms with Crippen molar-refractivity contribution in [2.24, 2.45) is 5.92 Å². The zero-order valence-corrected chi connectivity index (χ0v) is 9.76. The summed E-state index contributed by atoms with van der Waals surface area (Å²) >= 11 is 0. The molecule has 0 aliphatic carbocycles. The first-order valence-electron chi connectivity index (χ1n) is 5.24. The average molecular weight is 231 g/mol. The first-order chi connectivity index (χ1) is 7.10. The molecule has 1 atom stereocenters. The van der Waals surface area contributed by atoms with Gasteiger partial charge in [0.05, 0.1) is 12.0 Å². The van der Waals surface area contributed by atoms with E-state index in [-0.39, 0.29) is 5.92 Å². The molecule has 0 radical (unpaired) electrons. The van der Waals surface area contributed by atoms with Crippen LogP contribution in [0.25, 0.3) is 0 Å². The predicted molar refractivity (Wildman–Crippen MR) is 57.1 cm³/mol. The van der Waals surface area contributed by atoms with Crippen LogP contribution in [0.3, 0.4) is 0 Å². The van der Waals surface area contributed by atoms with Gasteiger partial charge >= 0.3 is 0 Å². The van der Waals surface area contributed by atoms with Crippen molar-refractivity contribution in [1.29, 1.82) is 5.26 Å². The van der Waals surface area contributed by atoms with Gasteiger partial charge in [-0.2, -0.15) is 18.0 Å². The first kappa shape index (κ1) is 12.4. The van der Waals surface area contributed by atoms with Gasteiger partial charge in [-0.3, -0.25) is 0 Å². The molecular formula is C9H17N3O2S. The molecule has 15 heavy (non-hydrogen) atoms. The van der Waals surface area contributed by atoms with Gasteiger partial charge in [0.1, 0.15) is 0 Å². The van der Waals surface area contributed by atoms with E-state index >= 15 is 0 Å². The number of rotatable bonds is 4. The van der Waals surface area contributed by atoms with Crippen molar-refractivity contribution >= 4 is 10.2 Å². The Kier molecular flexibility index (Phi) is 4.51. The topological polar surface area (TPSA) is 73.2 Å². The molecule has 86 valence electrons. The van der Waals surface area contributed by atoms with E-state index in [9.17, 15) is 8.42 Å². The van der Waals surface area contributed by atoms with Crippen molar-refractivity contribution in [2.45, 2.75) is 26.2 Å². The van der Waals surface area contributed by atoms with Gasteiger partial charge < -0.3 is 0 Å². The van der Waals surface area contributed by atoms with Crippen LogP contribution in [-0.4, -0.2) is 32.4 Å². The third-order valence-electron chi connectivity index (χ3n) is 2.44. The van der Waals surface area contributed by atoms with E-state index < -0.39 is 10.2 Å². The number of nitrogens with zero attached hydrogens (tertiary/aromatic N) is 2. The lowest BCUT2D eigenvalue weighted by Gasteiger charge is -2.28. The fraction of sp³-hybridized carbons (Fsp3) is 0.889. The molecule has 1 saturated heterocycles. The minimum absolute atomic E-state index is 0.156. The smallest absolute Gasteiger partial charge is 0.202 e. The highest BCUT2D eigenvalue weighted by Gasteiger charge is 2.28. The molecule has 6 heteroatoms. The van der Waals surface area contributed by atoms with E-state index in [4.69, 9.17) is 5.26 Å². The van der Waals surface area contributed by atoms with Crippen LogP contribution >= 0.6 is 0 Å². The Bertz CT molecular complexity index is 334. The molecule has 0 amide bonds. The molecule has 1 heterocycles. The molecule has 0 aromatic heterocycles. The van der Waals surface area contributed by atoms with Crippen LogP contribution in [0.2, 0.25) is 0 Å². The van der Waals surface area contributed by atoms with Crippen molar-refractivity contribution in [3.63, 3.8) is 0 Å². The van der Waals surface area contributed by atoms with E-state index in [2.05, 4.69) is 10.8 Å². The van der Waals surface area contributed by atoms with Crippen LogP contribution in [0.4, 0.5) is 0 Å². The summed E-state index contributed by atoms with van der Waals surface area (Å²) in [4.78, 5) is 0. The van der Waals surface area contributed by atoms with Crippen LogP contribution in [0.1, 0.15) is 26.2 Å². The highest BCUT2D eigenvalue weighted by molar-refractivity contribution is 7.87. The van der Waals surface area contributed by atoms with Crippen molar-refractivity contribution in [2.75, 3.05) is 19.6 Å². The SMILES string of the molecule is CCCNS(=O)(=O)N1CCCC(C#N)C1. The summed E-state index contributed by atoms with van der Waals surface area (Å²) in [6, 6.07) is 2.13. The minimum atomic E-state index is -3.36. The summed E-state index contributed by atoms with van der Waals surface area (Å²) in [5, 5.41) is 8.76. The Labute approximate surface area is 91.3 Å². The van der Waals surface area contributed by atoms with Crippen LogP contribution in [0, 0.1) is 17.2 Å². The van der Waals surface area contributed by atoms with Crippen molar-refractivity contribution in [3.05, 3.63) is 0 Å². The van der Waals surface area contributed by atoms with Crippen LogP contribution in [0.15, 0.2) is 0 Å². The van der Waals surface area contributed by atoms with Gasteiger partial charge in [0, 0.05) is 19.6 Å². The lowest BCUT2D eigenvalue weighted by atomic mass is 10.0. The normalized spacial score (nSPS) is 23.6. The van der Waals surface area contributed by atoms with Crippen LogP contribution in [0.5, 0.6) is 0 Å². The number of hydrogen-bond donors (Lipinski definition) is 1. The van der Waals surface area contributed by atoms with Gasteiger partial charge in [-0.15, -0.1) is 0 Å². The largest absolute Gasteiger partial charge is 0.279 e. The summed E-state index contributed by atoms with van der Waals surface area (Å²) in [6.07, 6.45) is 2.34. The molecule has 1 aliphatic heterocycles. The summed E-state index contributed by atoms with van der Waals surface area (Å²) in [5.74, 6) is -0.156. The van der Waals surface area contributed by atoms with Gasteiger partial charge in [0.25, 0.3) is 10.2 Å². The Balaban J connectivity index is 2.59. The van der Waals surface area contributed by atoms with E-state index in [1.165, 1.54) is 4.31 Å². The molecule has 5 nitrogen and oxygen atoms in total. The highest BCUT2D eigenvalue weighted by Crippen LogP contribution is 2.17. The Hall–Kier alpha value is -0.640. The molecule has 1 fully saturated rings. The van der Waals surface area contributed by atoms with Gasteiger partial charge in [-0.1, -0.05) is 6.92 Å². The van der Waals surface area contributed by atoms with Crippen molar-refractivity contribution in [3.8, 4) is 6.07 Å². The van der Waals surface area contributed by atoms with Gasteiger partial charge in [-0.05, 0) is 19.3 Å². The average Bonchev–Trinajstić information content (AvgIpc) is 2.26. The molecule has 0 aromatic carbocycles. The van der Waals surface area contributed by atoms with E-state index in [0.29, 0.717) is 19.6 Å². The Morgan fingerprint density at radius 2 is 2.33 bits per heavy atom. The van der Waals surface area contributed by atoms with Gasteiger partial charge in [0.15, 0.2) is 0 Å². The third kappa shape index (κ3) is 3.45. The molecule has 0 saturated carbocycles. The molecule has 1 rings (SSSR count). The lowest BCUT2D eigenvalue weighted by molar-refractivity contribution is 0.301. The molecular weight excluding hydrogens is 214 g/mol.